The number of pyridine rings is 1. The Morgan fingerprint density at radius 1 is 1.50 bits per heavy atom. The fraction of sp³-hybridized carbons (Fsp3) is 0.571. The summed E-state index contributed by atoms with van der Waals surface area (Å²) in [5.41, 5.74) is -0.0971. The number of methoxy groups -OCH3 is 1. The minimum absolute atomic E-state index is 0.00662. The molecule has 0 aliphatic carbocycles. The summed E-state index contributed by atoms with van der Waals surface area (Å²) in [5.74, 6) is 0.491. The Hall–Kier alpha value is -2.62. The number of carboxylic acid groups (broad SMARTS) is 1. The number of carbonyl (C=O) groups is 1. The van der Waals surface area contributed by atoms with Crippen LogP contribution in [0.2, 0.25) is 0 Å². The van der Waals surface area contributed by atoms with Crippen molar-refractivity contribution < 1.29 is 19.6 Å². The zero-order valence-corrected chi connectivity index (χ0v) is 13.4. The molecule has 0 atom stereocenters. The lowest BCUT2D eigenvalue weighted by Crippen LogP contribution is -2.45. The summed E-state index contributed by atoms with van der Waals surface area (Å²) in [6, 6.07) is 2.80. The molecule has 10 nitrogen and oxygen atoms in total. The number of rotatable bonds is 7. The van der Waals surface area contributed by atoms with E-state index in [1.54, 1.807) is 0 Å². The Balaban J connectivity index is 1.82. The first-order valence-electron chi connectivity index (χ1n) is 7.64. The van der Waals surface area contributed by atoms with Crippen molar-refractivity contribution in [3.05, 3.63) is 22.2 Å². The topological polar surface area (TPSA) is 130 Å². The number of hydrogen-bond donors (Lipinski definition) is 3. The summed E-state index contributed by atoms with van der Waals surface area (Å²) in [5, 5.41) is 25.2. The zero-order chi connectivity index (χ0) is 17.5. The lowest BCUT2D eigenvalue weighted by molar-refractivity contribution is -0.384. The Kier molecular flexibility index (Phi) is 6.13. The van der Waals surface area contributed by atoms with Crippen molar-refractivity contribution >= 4 is 17.6 Å². The van der Waals surface area contributed by atoms with Crippen molar-refractivity contribution in [2.24, 2.45) is 0 Å². The van der Waals surface area contributed by atoms with Crippen molar-refractivity contribution in [3.63, 3.8) is 0 Å². The highest BCUT2D eigenvalue weighted by atomic mass is 16.6. The second-order valence-corrected chi connectivity index (χ2v) is 5.47. The first-order valence-corrected chi connectivity index (χ1v) is 7.64. The van der Waals surface area contributed by atoms with Gasteiger partial charge in [-0.15, -0.1) is 0 Å². The van der Waals surface area contributed by atoms with Crippen molar-refractivity contribution in [3.8, 4) is 5.88 Å². The second kappa shape index (κ2) is 8.29. The molecule has 1 amide bonds. The molecule has 0 spiro atoms. The van der Waals surface area contributed by atoms with Crippen LogP contribution in [-0.4, -0.2) is 65.3 Å². The van der Waals surface area contributed by atoms with E-state index < -0.39 is 11.0 Å². The number of anilines is 1. The third kappa shape index (κ3) is 4.95. The molecule has 0 unspecified atom stereocenters. The Morgan fingerprint density at radius 3 is 2.79 bits per heavy atom. The van der Waals surface area contributed by atoms with Gasteiger partial charge < -0.3 is 25.4 Å². The van der Waals surface area contributed by atoms with Gasteiger partial charge in [0.1, 0.15) is 0 Å². The molecule has 0 bridgehead atoms. The molecule has 1 saturated heterocycles. The quantitative estimate of drug-likeness (QED) is 0.498. The van der Waals surface area contributed by atoms with Gasteiger partial charge in [-0.1, -0.05) is 0 Å². The maximum atomic E-state index is 11.0. The molecule has 2 rings (SSSR count). The van der Waals surface area contributed by atoms with Crippen LogP contribution in [-0.2, 0) is 0 Å². The van der Waals surface area contributed by atoms with Gasteiger partial charge in [-0.25, -0.2) is 4.79 Å². The number of nitrogens with zero attached hydrogens (tertiary/aromatic N) is 3. The van der Waals surface area contributed by atoms with Gasteiger partial charge in [0.05, 0.1) is 12.0 Å². The highest BCUT2D eigenvalue weighted by Gasteiger charge is 2.21. The third-order valence-corrected chi connectivity index (χ3v) is 3.89. The van der Waals surface area contributed by atoms with Crippen LogP contribution in [0.4, 0.5) is 16.3 Å². The first-order chi connectivity index (χ1) is 11.5. The molecule has 1 aliphatic rings. The van der Waals surface area contributed by atoms with Gasteiger partial charge in [-0.05, 0) is 12.8 Å². The van der Waals surface area contributed by atoms with Crippen LogP contribution in [0.5, 0.6) is 5.88 Å². The molecule has 0 saturated carbocycles. The summed E-state index contributed by atoms with van der Waals surface area (Å²) in [7, 11) is 1.45. The van der Waals surface area contributed by atoms with E-state index in [4.69, 9.17) is 9.84 Å². The Morgan fingerprint density at radius 2 is 2.21 bits per heavy atom. The maximum absolute atomic E-state index is 11.0. The van der Waals surface area contributed by atoms with Crippen LogP contribution >= 0.6 is 0 Å². The minimum Gasteiger partial charge on any atom is -0.481 e. The predicted octanol–water partition coefficient (Wildman–Crippen LogP) is 1.14. The van der Waals surface area contributed by atoms with Crippen LogP contribution in [0.25, 0.3) is 0 Å². The van der Waals surface area contributed by atoms with Crippen molar-refractivity contribution in [1.82, 2.24) is 15.2 Å². The second-order valence-electron chi connectivity index (χ2n) is 5.47. The van der Waals surface area contributed by atoms with Crippen molar-refractivity contribution in [1.29, 1.82) is 0 Å². The Labute approximate surface area is 139 Å². The van der Waals surface area contributed by atoms with E-state index in [9.17, 15) is 14.9 Å². The maximum Gasteiger partial charge on any atom is 0.404 e. The smallest absolute Gasteiger partial charge is 0.404 e. The molecule has 1 fully saturated rings. The third-order valence-electron chi connectivity index (χ3n) is 3.89. The van der Waals surface area contributed by atoms with Gasteiger partial charge in [-0.3, -0.25) is 10.1 Å². The predicted molar refractivity (Wildman–Crippen MR) is 86.6 cm³/mol. The fourth-order valence-electron chi connectivity index (χ4n) is 2.63. The van der Waals surface area contributed by atoms with E-state index in [1.807, 2.05) is 0 Å². The highest BCUT2D eigenvalue weighted by Crippen LogP contribution is 2.24. The number of nitrogens with one attached hydrogen (secondary N) is 2. The SMILES string of the molecule is COc1ccc([N+](=O)[O-])c(NCCN2CCC(NC(=O)O)CC2)n1. The van der Waals surface area contributed by atoms with E-state index in [1.165, 1.54) is 19.2 Å². The number of amides is 1. The molecule has 2 heterocycles. The zero-order valence-electron chi connectivity index (χ0n) is 13.4. The van der Waals surface area contributed by atoms with Gasteiger partial charge in [0, 0.05) is 44.4 Å². The molecule has 0 aromatic carbocycles. The van der Waals surface area contributed by atoms with E-state index >= 15 is 0 Å². The molecule has 1 aromatic heterocycles. The fourth-order valence-corrected chi connectivity index (χ4v) is 2.63. The number of aromatic nitrogens is 1. The van der Waals surface area contributed by atoms with Crippen LogP contribution in [0, 0.1) is 10.1 Å². The number of nitro groups is 1. The largest absolute Gasteiger partial charge is 0.481 e. The molecule has 24 heavy (non-hydrogen) atoms. The number of piperidine rings is 1. The Bertz CT molecular complexity index is 589. The van der Waals surface area contributed by atoms with E-state index in [-0.39, 0.29) is 17.5 Å². The average molecular weight is 339 g/mol. The summed E-state index contributed by atoms with van der Waals surface area (Å²) in [6.45, 7) is 2.74. The van der Waals surface area contributed by atoms with E-state index in [0.717, 1.165) is 25.9 Å². The van der Waals surface area contributed by atoms with Gasteiger partial charge in [0.25, 0.3) is 0 Å². The normalized spacial score (nSPS) is 15.7. The molecule has 132 valence electrons. The van der Waals surface area contributed by atoms with Crippen LogP contribution in [0.15, 0.2) is 12.1 Å². The summed E-state index contributed by atoms with van der Waals surface area (Å²) >= 11 is 0. The van der Waals surface area contributed by atoms with Gasteiger partial charge in [0.15, 0.2) is 0 Å². The molecule has 10 heteroatoms. The number of hydrogen-bond acceptors (Lipinski definition) is 7. The minimum atomic E-state index is -0.994. The molecule has 1 aliphatic heterocycles. The summed E-state index contributed by atoms with van der Waals surface area (Å²) in [4.78, 5) is 27.4. The lowest BCUT2D eigenvalue weighted by Gasteiger charge is -2.31. The molecular weight excluding hydrogens is 318 g/mol. The van der Waals surface area contributed by atoms with Gasteiger partial charge in [-0.2, -0.15) is 4.98 Å². The lowest BCUT2D eigenvalue weighted by atomic mass is 10.1. The monoisotopic (exact) mass is 339 g/mol. The summed E-state index contributed by atoms with van der Waals surface area (Å²) in [6.07, 6.45) is 0.514. The van der Waals surface area contributed by atoms with Crippen LogP contribution < -0.4 is 15.4 Å². The molecule has 3 N–H and O–H groups in total. The van der Waals surface area contributed by atoms with Crippen molar-refractivity contribution in [2.45, 2.75) is 18.9 Å². The molecule has 0 radical (unpaired) electrons. The summed E-state index contributed by atoms with van der Waals surface area (Å²) < 4.78 is 4.99. The number of ether oxygens (including phenoxy) is 1. The van der Waals surface area contributed by atoms with E-state index in [0.29, 0.717) is 19.0 Å². The van der Waals surface area contributed by atoms with Gasteiger partial charge in [0.2, 0.25) is 11.7 Å². The number of likely N-dealkylation sites (tertiary alicyclic amines) is 1. The standard InChI is InChI=1S/C14H21N5O5/c1-24-12-3-2-11(19(22)23)13(17-12)15-6-9-18-7-4-10(5-8-18)16-14(20)21/h2-3,10,16H,4-9H2,1H3,(H,15,17)(H,20,21). The molecular formula is C14H21N5O5. The average Bonchev–Trinajstić information content (AvgIpc) is 2.55. The van der Waals surface area contributed by atoms with Crippen molar-refractivity contribution in [2.75, 3.05) is 38.6 Å². The highest BCUT2D eigenvalue weighted by molar-refractivity contribution is 5.64. The van der Waals surface area contributed by atoms with Gasteiger partial charge >= 0.3 is 11.8 Å². The van der Waals surface area contributed by atoms with Crippen LogP contribution in [0.3, 0.4) is 0 Å². The molecule has 1 aromatic rings. The first kappa shape index (κ1) is 17.7. The van der Waals surface area contributed by atoms with Crippen LogP contribution in [0.1, 0.15) is 12.8 Å². The van der Waals surface area contributed by atoms with E-state index in [2.05, 4.69) is 20.5 Å².